The lowest BCUT2D eigenvalue weighted by atomic mass is 9.84. The number of anilines is 1. The highest BCUT2D eigenvalue weighted by atomic mass is 16.2. The van der Waals surface area contributed by atoms with Crippen LogP contribution in [-0.4, -0.2) is 16.1 Å². The fraction of sp³-hybridized carbons (Fsp3) is 0.312. The van der Waals surface area contributed by atoms with Gasteiger partial charge in [0.05, 0.1) is 11.1 Å². The highest BCUT2D eigenvalue weighted by molar-refractivity contribution is 5.97. The zero-order valence-electron chi connectivity index (χ0n) is 12.3. The Morgan fingerprint density at radius 3 is 2.35 bits per heavy atom. The second kappa shape index (κ2) is 5.41. The first kappa shape index (κ1) is 14.2. The fourth-order valence-electron chi connectivity index (χ4n) is 1.87. The Bertz CT molecular complexity index is 621. The number of hydrogen-bond acceptors (Lipinski definition) is 3. The lowest BCUT2D eigenvalue weighted by Crippen LogP contribution is -2.35. The van der Waals surface area contributed by atoms with Gasteiger partial charge in [-0.1, -0.05) is 30.3 Å². The molecule has 20 heavy (non-hydrogen) atoms. The molecule has 2 rings (SSSR count). The van der Waals surface area contributed by atoms with Crippen molar-refractivity contribution in [2.24, 2.45) is 0 Å². The number of amides is 1. The van der Waals surface area contributed by atoms with Gasteiger partial charge in [0.2, 0.25) is 5.91 Å². The normalized spacial score (nSPS) is 11.2. The van der Waals surface area contributed by atoms with E-state index in [4.69, 9.17) is 0 Å². The predicted octanol–water partition coefficient (Wildman–Crippen LogP) is 3.01. The van der Waals surface area contributed by atoms with Crippen LogP contribution in [0.5, 0.6) is 0 Å². The Kier molecular flexibility index (Phi) is 3.84. The van der Waals surface area contributed by atoms with Crippen molar-refractivity contribution in [3.05, 3.63) is 53.2 Å². The molecule has 0 saturated carbocycles. The number of rotatable bonds is 3. The third-order valence-corrected chi connectivity index (χ3v) is 3.54. The molecule has 0 saturated heterocycles. The zero-order valence-corrected chi connectivity index (χ0v) is 12.3. The van der Waals surface area contributed by atoms with Gasteiger partial charge in [0.25, 0.3) is 0 Å². The summed E-state index contributed by atoms with van der Waals surface area (Å²) in [5, 5.41) is 10.9. The van der Waals surface area contributed by atoms with E-state index in [0.29, 0.717) is 5.82 Å². The fourth-order valence-corrected chi connectivity index (χ4v) is 1.87. The van der Waals surface area contributed by atoms with Crippen LogP contribution in [0.2, 0.25) is 0 Å². The number of aromatic nitrogens is 2. The maximum atomic E-state index is 12.5. The van der Waals surface area contributed by atoms with Crippen molar-refractivity contribution in [3.63, 3.8) is 0 Å². The van der Waals surface area contributed by atoms with Crippen LogP contribution in [0.15, 0.2) is 36.4 Å². The standard InChI is InChI=1S/C16H19N3O/c1-11-10-14(19-18-12(11)2)17-15(20)16(3,4)13-8-6-5-7-9-13/h5-10H,1-4H3,(H,17,19,20). The first-order chi connectivity index (χ1) is 9.41. The minimum absolute atomic E-state index is 0.0961. The Morgan fingerprint density at radius 1 is 1.10 bits per heavy atom. The van der Waals surface area contributed by atoms with Gasteiger partial charge in [-0.3, -0.25) is 4.79 Å². The molecule has 1 aromatic heterocycles. The summed E-state index contributed by atoms with van der Waals surface area (Å²) in [5.41, 5.74) is 2.22. The van der Waals surface area contributed by atoms with Gasteiger partial charge in [-0.05, 0) is 44.9 Å². The molecule has 1 heterocycles. The van der Waals surface area contributed by atoms with E-state index < -0.39 is 5.41 Å². The second-order valence-corrected chi connectivity index (χ2v) is 5.44. The SMILES string of the molecule is Cc1cc(NC(=O)C(C)(C)c2ccccc2)nnc1C. The van der Waals surface area contributed by atoms with Crippen LogP contribution in [0, 0.1) is 13.8 Å². The van der Waals surface area contributed by atoms with Crippen LogP contribution in [0.3, 0.4) is 0 Å². The summed E-state index contributed by atoms with van der Waals surface area (Å²) in [6.45, 7) is 7.63. The van der Waals surface area contributed by atoms with Gasteiger partial charge in [-0.15, -0.1) is 5.10 Å². The zero-order chi connectivity index (χ0) is 14.8. The van der Waals surface area contributed by atoms with E-state index >= 15 is 0 Å². The van der Waals surface area contributed by atoms with Crippen LogP contribution < -0.4 is 5.32 Å². The third kappa shape index (κ3) is 2.85. The molecule has 0 unspecified atom stereocenters. The maximum Gasteiger partial charge on any atom is 0.235 e. The van der Waals surface area contributed by atoms with Gasteiger partial charge in [0.15, 0.2) is 5.82 Å². The van der Waals surface area contributed by atoms with E-state index in [1.54, 1.807) is 0 Å². The van der Waals surface area contributed by atoms with Gasteiger partial charge >= 0.3 is 0 Å². The minimum atomic E-state index is -0.623. The summed E-state index contributed by atoms with van der Waals surface area (Å²) >= 11 is 0. The molecule has 1 N–H and O–H groups in total. The lowest BCUT2D eigenvalue weighted by molar-refractivity contribution is -0.120. The molecule has 0 bridgehead atoms. The maximum absolute atomic E-state index is 12.5. The molecular weight excluding hydrogens is 250 g/mol. The molecule has 0 atom stereocenters. The number of aryl methyl sites for hydroxylation is 2. The Hall–Kier alpha value is -2.23. The molecule has 2 aromatic rings. The van der Waals surface area contributed by atoms with Crippen molar-refractivity contribution in [2.45, 2.75) is 33.1 Å². The van der Waals surface area contributed by atoms with Crippen molar-refractivity contribution in [2.75, 3.05) is 5.32 Å². The van der Waals surface area contributed by atoms with Crippen molar-refractivity contribution in [1.29, 1.82) is 0 Å². The topological polar surface area (TPSA) is 54.9 Å². The van der Waals surface area contributed by atoms with Crippen LogP contribution >= 0.6 is 0 Å². The van der Waals surface area contributed by atoms with E-state index in [0.717, 1.165) is 16.8 Å². The molecule has 0 aliphatic rings. The van der Waals surface area contributed by atoms with E-state index in [9.17, 15) is 4.79 Å². The van der Waals surface area contributed by atoms with Crippen LogP contribution in [-0.2, 0) is 10.2 Å². The van der Waals surface area contributed by atoms with Gasteiger partial charge in [0, 0.05) is 0 Å². The lowest BCUT2D eigenvalue weighted by Gasteiger charge is -2.23. The van der Waals surface area contributed by atoms with Gasteiger partial charge in [-0.2, -0.15) is 5.10 Å². The number of nitrogens with zero attached hydrogens (tertiary/aromatic N) is 2. The smallest absolute Gasteiger partial charge is 0.235 e. The van der Waals surface area contributed by atoms with Crippen LogP contribution in [0.4, 0.5) is 5.82 Å². The quantitative estimate of drug-likeness (QED) is 0.932. The summed E-state index contributed by atoms with van der Waals surface area (Å²) in [4.78, 5) is 12.5. The van der Waals surface area contributed by atoms with Crippen molar-refractivity contribution in [3.8, 4) is 0 Å². The molecule has 104 valence electrons. The number of carbonyl (C=O) groups is 1. The average molecular weight is 269 g/mol. The summed E-state index contributed by atoms with van der Waals surface area (Å²) in [5.74, 6) is 0.392. The van der Waals surface area contributed by atoms with Crippen molar-refractivity contribution < 1.29 is 4.79 Å². The van der Waals surface area contributed by atoms with Crippen LogP contribution in [0.1, 0.15) is 30.7 Å². The highest BCUT2D eigenvalue weighted by Gasteiger charge is 2.29. The second-order valence-electron chi connectivity index (χ2n) is 5.44. The Balaban J connectivity index is 2.21. The minimum Gasteiger partial charge on any atom is -0.308 e. The van der Waals surface area contributed by atoms with E-state index in [-0.39, 0.29) is 5.91 Å². The molecule has 0 fully saturated rings. The molecule has 4 nitrogen and oxygen atoms in total. The first-order valence-electron chi connectivity index (χ1n) is 6.59. The van der Waals surface area contributed by atoms with E-state index in [1.807, 2.05) is 64.1 Å². The van der Waals surface area contributed by atoms with Crippen molar-refractivity contribution >= 4 is 11.7 Å². The third-order valence-electron chi connectivity index (χ3n) is 3.54. The summed E-state index contributed by atoms with van der Waals surface area (Å²) in [6, 6.07) is 11.5. The monoisotopic (exact) mass is 269 g/mol. The predicted molar refractivity (Wildman–Crippen MR) is 79.6 cm³/mol. The number of carbonyl (C=O) groups excluding carboxylic acids is 1. The molecule has 0 radical (unpaired) electrons. The highest BCUT2D eigenvalue weighted by Crippen LogP contribution is 2.24. The summed E-state index contributed by atoms with van der Waals surface area (Å²) in [7, 11) is 0. The van der Waals surface area contributed by atoms with E-state index in [1.165, 1.54) is 0 Å². The first-order valence-corrected chi connectivity index (χ1v) is 6.59. The number of nitrogens with one attached hydrogen (secondary N) is 1. The molecule has 1 aromatic carbocycles. The van der Waals surface area contributed by atoms with Gasteiger partial charge in [-0.25, -0.2) is 0 Å². The number of hydrogen-bond donors (Lipinski definition) is 1. The molecule has 0 spiro atoms. The molecule has 0 aliphatic carbocycles. The van der Waals surface area contributed by atoms with Gasteiger partial charge in [0.1, 0.15) is 0 Å². The van der Waals surface area contributed by atoms with Gasteiger partial charge < -0.3 is 5.32 Å². The van der Waals surface area contributed by atoms with Crippen LogP contribution in [0.25, 0.3) is 0 Å². The largest absolute Gasteiger partial charge is 0.308 e. The molecule has 1 amide bonds. The molecule has 0 aliphatic heterocycles. The number of benzene rings is 1. The molecule has 4 heteroatoms. The summed E-state index contributed by atoms with van der Waals surface area (Å²) in [6.07, 6.45) is 0. The Morgan fingerprint density at radius 2 is 1.75 bits per heavy atom. The Labute approximate surface area is 119 Å². The summed E-state index contributed by atoms with van der Waals surface area (Å²) < 4.78 is 0. The van der Waals surface area contributed by atoms with Crippen molar-refractivity contribution in [1.82, 2.24) is 10.2 Å². The molecular formula is C16H19N3O. The van der Waals surface area contributed by atoms with E-state index in [2.05, 4.69) is 15.5 Å². The average Bonchev–Trinajstić information content (AvgIpc) is 2.44.